The maximum Gasteiger partial charge on any atom is 0.310 e. The zero-order valence-electron chi connectivity index (χ0n) is 16.8. The molecular formula is C24H20N2O4S. The zero-order chi connectivity index (χ0) is 21.6. The maximum atomic E-state index is 12.2. The summed E-state index contributed by atoms with van der Waals surface area (Å²) in [5, 5.41) is 7.02. The van der Waals surface area contributed by atoms with Crippen LogP contribution in [0.25, 0.3) is 22.0 Å². The van der Waals surface area contributed by atoms with E-state index in [4.69, 9.17) is 9.47 Å². The highest BCUT2D eigenvalue weighted by molar-refractivity contribution is 7.14. The van der Waals surface area contributed by atoms with Crippen molar-refractivity contribution in [1.82, 2.24) is 4.98 Å². The summed E-state index contributed by atoms with van der Waals surface area (Å²) in [5.74, 6) is -0.121. The Labute approximate surface area is 183 Å². The number of methoxy groups -OCH3 is 1. The molecule has 7 heteroatoms. The molecule has 0 bridgehead atoms. The van der Waals surface area contributed by atoms with Crippen LogP contribution in [-0.4, -0.2) is 30.6 Å². The summed E-state index contributed by atoms with van der Waals surface area (Å²) < 4.78 is 10.3. The van der Waals surface area contributed by atoms with Crippen LogP contribution in [-0.2, 0) is 20.7 Å². The number of aromatic nitrogens is 1. The van der Waals surface area contributed by atoms with E-state index in [-0.39, 0.29) is 13.0 Å². The lowest BCUT2D eigenvalue weighted by Crippen LogP contribution is -2.21. The molecule has 0 saturated carbocycles. The van der Waals surface area contributed by atoms with Crippen LogP contribution in [0.1, 0.15) is 5.56 Å². The summed E-state index contributed by atoms with van der Waals surface area (Å²) in [5.41, 5.74) is 2.53. The average molecular weight is 433 g/mol. The first-order valence-electron chi connectivity index (χ1n) is 9.64. The molecule has 1 N–H and O–H groups in total. The third-order valence-electron chi connectivity index (χ3n) is 4.72. The molecular weight excluding hydrogens is 412 g/mol. The summed E-state index contributed by atoms with van der Waals surface area (Å²) in [6.45, 7) is -0.360. The van der Waals surface area contributed by atoms with Crippen LogP contribution < -0.4 is 10.1 Å². The van der Waals surface area contributed by atoms with Crippen molar-refractivity contribution in [3.05, 3.63) is 77.7 Å². The number of nitrogens with one attached hydrogen (secondary N) is 1. The van der Waals surface area contributed by atoms with E-state index in [1.807, 2.05) is 72.1 Å². The SMILES string of the molecule is COc1ccc(-c2csc(NC(=O)COC(=O)Cc3cccc4ccccc34)n2)cc1. The van der Waals surface area contributed by atoms with Crippen LogP contribution in [0.4, 0.5) is 5.13 Å². The van der Waals surface area contributed by atoms with Gasteiger partial charge in [-0.2, -0.15) is 0 Å². The van der Waals surface area contributed by atoms with Gasteiger partial charge in [0.2, 0.25) is 0 Å². The van der Waals surface area contributed by atoms with E-state index in [0.29, 0.717) is 5.13 Å². The highest BCUT2D eigenvalue weighted by atomic mass is 32.1. The van der Waals surface area contributed by atoms with Crippen LogP contribution in [0.5, 0.6) is 5.75 Å². The van der Waals surface area contributed by atoms with Gasteiger partial charge in [-0.1, -0.05) is 42.5 Å². The van der Waals surface area contributed by atoms with Gasteiger partial charge in [-0.3, -0.25) is 14.9 Å². The molecule has 6 nitrogen and oxygen atoms in total. The topological polar surface area (TPSA) is 77.5 Å². The molecule has 1 aromatic heterocycles. The summed E-state index contributed by atoms with van der Waals surface area (Å²) in [7, 11) is 1.61. The number of hydrogen-bond donors (Lipinski definition) is 1. The molecule has 0 aliphatic carbocycles. The predicted molar refractivity (Wildman–Crippen MR) is 121 cm³/mol. The molecule has 156 valence electrons. The number of thiazole rings is 1. The van der Waals surface area contributed by atoms with Gasteiger partial charge in [0.15, 0.2) is 11.7 Å². The smallest absolute Gasteiger partial charge is 0.310 e. The second kappa shape index (κ2) is 9.40. The summed E-state index contributed by atoms with van der Waals surface area (Å²) in [6, 6.07) is 21.1. The zero-order valence-corrected chi connectivity index (χ0v) is 17.6. The van der Waals surface area contributed by atoms with Gasteiger partial charge in [-0.15, -0.1) is 11.3 Å². The minimum Gasteiger partial charge on any atom is -0.497 e. The normalized spacial score (nSPS) is 10.6. The molecule has 4 rings (SSSR count). The van der Waals surface area contributed by atoms with Gasteiger partial charge in [-0.05, 0) is 40.6 Å². The van der Waals surface area contributed by atoms with Gasteiger partial charge in [0, 0.05) is 10.9 Å². The van der Waals surface area contributed by atoms with Crippen LogP contribution in [0.15, 0.2) is 72.1 Å². The molecule has 0 saturated heterocycles. The van der Waals surface area contributed by atoms with Crippen molar-refractivity contribution in [2.45, 2.75) is 6.42 Å². The fraction of sp³-hybridized carbons (Fsp3) is 0.125. The van der Waals surface area contributed by atoms with Crippen molar-refractivity contribution in [3.8, 4) is 17.0 Å². The van der Waals surface area contributed by atoms with Gasteiger partial charge in [-0.25, -0.2) is 4.98 Å². The number of amides is 1. The number of esters is 1. The van der Waals surface area contributed by atoms with Crippen molar-refractivity contribution >= 4 is 39.1 Å². The Morgan fingerprint density at radius 3 is 2.58 bits per heavy atom. The van der Waals surface area contributed by atoms with Crippen molar-refractivity contribution in [2.24, 2.45) is 0 Å². The number of fused-ring (bicyclic) bond motifs is 1. The number of carbonyl (C=O) groups is 2. The molecule has 0 fully saturated rings. The first kappa shape index (κ1) is 20.6. The number of anilines is 1. The molecule has 1 amide bonds. The van der Waals surface area contributed by atoms with Crippen LogP contribution in [0, 0.1) is 0 Å². The summed E-state index contributed by atoms with van der Waals surface area (Å²) >= 11 is 1.31. The monoisotopic (exact) mass is 432 g/mol. The third-order valence-corrected chi connectivity index (χ3v) is 5.47. The van der Waals surface area contributed by atoms with Crippen LogP contribution >= 0.6 is 11.3 Å². The number of nitrogens with zero attached hydrogens (tertiary/aromatic N) is 1. The Morgan fingerprint density at radius 2 is 1.77 bits per heavy atom. The van der Waals surface area contributed by atoms with Gasteiger partial charge in [0.05, 0.1) is 19.2 Å². The Bertz CT molecular complexity index is 1210. The molecule has 31 heavy (non-hydrogen) atoms. The lowest BCUT2D eigenvalue weighted by Gasteiger charge is -2.07. The highest BCUT2D eigenvalue weighted by Crippen LogP contribution is 2.26. The average Bonchev–Trinajstić information content (AvgIpc) is 3.26. The molecule has 0 aliphatic heterocycles. The van der Waals surface area contributed by atoms with E-state index >= 15 is 0 Å². The Kier molecular flexibility index (Phi) is 6.24. The van der Waals surface area contributed by atoms with Gasteiger partial charge in [0.25, 0.3) is 5.91 Å². The minimum atomic E-state index is -0.454. The van der Waals surface area contributed by atoms with Crippen molar-refractivity contribution in [1.29, 1.82) is 0 Å². The summed E-state index contributed by atoms with van der Waals surface area (Å²) in [4.78, 5) is 28.8. The lowest BCUT2D eigenvalue weighted by atomic mass is 10.0. The standard InChI is InChI=1S/C24H20N2O4S/c1-29-19-11-9-17(10-12-19)21-15-31-24(25-21)26-22(27)14-30-23(28)13-18-7-4-6-16-5-2-3-8-20(16)18/h2-12,15H,13-14H2,1H3,(H,25,26,27). The summed E-state index contributed by atoms with van der Waals surface area (Å²) in [6.07, 6.45) is 0.105. The molecule has 3 aromatic carbocycles. The first-order valence-corrected chi connectivity index (χ1v) is 10.5. The largest absolute Gasteiger partial charge is 0.497 e. The van der Waals surface area contributed by atoms with Crippen LogP contribution in [0.3, 0.4) is 0 Å². The molecule has 0 unspecified atom stereocenters. The number of rotatable bonds is 7. The highest BCUT2D eigenvalue weighted by Gasteiger charge is 2.12. The number of hydrogen-bond acceptors (Lipinski definition) is 6. The first-order chi connectivity index (χ1) is 15.1. The second-order valence-corrected chi connectivity index (χ2v) is 7.65. The predicted octanol–water partition coefficient (Wildman–Crippen LogP) is 4.70. The maximum absolute atomic E-state index is 12.2. The van der Waals surface area contributed by atoms with Crippen molar-refractivity contribution in [3.63, 3.8) is 0 Å². The molecule has 0 atom stereocenters. The molecule has 1 heterocycles. The molecule has 0 spiro atoms. The van der Waals surface area contributed by atoms with E-state index < -0.39 is 11.9 Å². The third kappa shape index (κ3) is 5.07. The van der Waals surface area contributed by atoms with E-state index in [0.717, 1.165) is 33.3 Å². The van der Waals surface area contributed by atoms with Gasteiger partial charge in [0.1, 0.15) is 5.75 Å². The van der Waals surface area contributed by atoms with E-state index in [2.05, 4.69) is 10.3 Å². The minimum absolute atomic E-state index is 0.105. The fourth-order valence-electron chi connectivity index (χ4n) is 3.18. The number of carbonyl (C=O) groups excluding carboxylic acids is 2. The van der Waals surface area contributed by atoms with Crippen molar-refractivity contribution < 1.29 is 19.1 Å². The molecule has 0 aliphatic rings. The van der Waals surface area contributed by atoms with Crippen molar-refractivity contribution in [2.75, 3.05) is 19.0 Å². The second-order valence-electron chi connectivity index (χ2n) is 6.79. The fourth-order valence-corrected chi connectivity index (χ4v) is 3.92. The number of benzene rings is 3. The Balaban J connectivity index is 1.31. The van der Waals surface area contributed by atoms with E-state index in [1.165, 1.54) is 11.3 Å². The van der Waals surface area contributed by atoms with E-state index in [1.54, 1.807) is 7.11 Å². The van der Waals surface area contributed by atoms with Gasteiger partial charge < -0.3 is 9.47 Å². The molecule has 4 aromatic rings. The lowest BCUT2D eigenvalue weighted by molar-refractivity contribution is -0.146. The molecule has 0 radical (unpaired) electrons. The quantitative estimate of drug-likeness (QED) is 0.429. The van der Waals surface area contributed by atoms with E-state index in [9.17, 15) is 9.59 Å². The van der Waals surface area contributed by atoms with Crippen LogP contribution in [0.2, 0.25) is 0 Å². The number of ether oxygens (including phenoxy) is 2. The Morgan fingerprint density at radius 1 is 1.00 bits per heavy atom. The van der Waals surface area contributed by atoms with Gasteiger partial charge >= 0.3 is 5.97 Å². The Hall–Kier alpha value is -3.71.